The first-order valence-electron chi connectivity index (χ1n) is 57.4. The highest BCUT2D eigenvalue weighted by atomic mass is 16.1. The fraction of sp³-hybridized carbons (Fsp3) is 0.991. The van der Waals surface area contributed by atoms with Crippen molar-refractivity contribution in [1.82, 2.24) is 15.5 Å². The number of carbonyl (C=O) groups excluding carboxylic acids is 1. The van der Waals surface area contributed by atoms with E-state index in [1.165, 1.54) is 278 Å². The molecule has 0 spiro atoms. The monoisotopic (exact) mass is 1630 g/mol. The molecule has 0 radical (unpaired) electrons. The van der Waals surface area contributed by atoms with Crippen LogP contribution in [0.4, 0.5) is 0 Å². The minimum atomic E-state index is 0.459. The minimum Gasteiger partial charge on any atom is -0.311 e. The lowest BCUT2D eigenvalue weighted by atomic mass is 9.56. The van der Waals surface area contributed by atoms with Crippen LogP contribution >= 0.6 is 0 Å². The van der Waals surface area contributed by atoms with Gasteiger partial charge in [-0.25, -0.2) is 0 Å². The van der Waals surface area contributed by atoms with Crippen molar-refractivity contribution in [3.8, 4) is 0 Å². The van der Waals surface area contributed by atoms with Gasteiger partial charge in [-0.2, -0.15) is 0 Å². The molecular formula is C115H195N3O. The average Bonchev–Trinajstić information content (AvgIpc) is 1.60. The van der Waals surface area contributed by atoms with Crippen LogP contribution < -0.4 is 10.6 Å². The Balaban J connectivity index is 0.0000000851. The number of piperidine rings is 5. The first-order chi connectivity index (χ1) is 58.7. The van der Waals surface area contributed by atoms with E-state index in [-0.39, 0.29) is 0 Å². The number of carbonyl (C=O) groups is 1. The van der Waals surface area contributed by atoms with Gasteiger partial charge in [0.2, 0.25) is 0 Å². The molecule has 37 fully saturated rings. The molecule has 0 aromatic heterocycles. The van der Waals surface area contributed by atoms with Crippen molar-refractivity contribution < 1.29 is 4.79 Å². The molecule has 37 rings (SSSR count). The van der Waals surface area contributed by atoms with Crippen molar-refractivity contribution in [2.45, 2.75) is 512 Å². The maximum Gasteiger partial charge on any atom is 0.136 e. The van der Waals surface area contributed by atoms with Crippen molar-refractivity contribution in [3.63, 3.8) is 0 Å². The van der Waals surface area contributed by atoms with E-state index in [0.717, 1.165) is 78.2 Å². The van der Waals surface area contributed by atoms with E-state index in [1.807, 2.05) is 0 Å². The maximum atomic E-state index is 10.9. The molecule has 4 heteroatoms. The van der Waals surface area contributed by atoms with Gasteiger partial charge in [-0.05, 0) is 409 Å². The summed E-state index contributed by atoms with van der Waals surface area (Å²) in [5.74, 6) is 37.2. The highest BCUT2D eigenvalue weighted by molar-refractivity contribution is 5.80. The Labute approximate surface area is 736 Å². The van der Waals surface area contributed by atoms with Gasteiger partial charge >= 0.3 is 0 Å². The maximum absolute atomic E-state index is 10.9. The number of fused-ring (bicyclic) bond motifs is 29. The summed E-state index contributed by atoms with van der Waals surface area (Å²) in [5, 5.41) is 6.99. The predicted octanol–water partition coefficient (Wildman–Crippen LogP) is 31.5. The van der Waals surface area contributed by atoms with E-state index < -0.39 is 0 Å². The van der Waals surface area contributed by atoms with Crippen LogP contribution in [0.2, 0.25) is 0 Å². The normalized spacial score (nSPS) is 49.3. The number of hydrogen-bond donors (Lipinski definition) is 2. The minimum absolute atomic E-state index is 0.459. The van der Waals surface area contributed by atoms with E-state index in [9.17, 15) is 4.79 Å². The summed E-state index contributed by atoms with van der Waals surface area (Å²) < 4.78 is 0. The van der Waals surface area contributed by atoms with Crippen LogP contribution in [0.1, 0.15) is 488 Å². The first kappa shape index (κ1) is 87.9. The molecule has 119 heavy (non-hydrogen) atoms. The molecule has 0 amide bonds. The van der Waals surface area contributed by atoms with E-state index >= 15 is 0 Å². The second-order valence-corrected chi connectivity index (χ2v) is 51.3. The van der Waals surface area contributed by atoms with Crippen molar-refractivity contribution >= 4 is 5.78 Å². The molecule has 4 nitrogen and oxygen atoms in total. The molecule has 0 aromatic rings. The van der Waals surface area contributed by atoms with Crippen LogP contribution in [0.5, 0.6) is 0 Å². The zero-order valence-electron chi connectivity index (χ0n) is 78.4. The first-order valence-corrected chi connectivity index (χ1v) is 57.4. The molecule has 26 bridgehead atoms. The molecule has 10 atom stereocenters. The third-order valence-electron chi connectivity index (χ3n) is 43.9. The Kier molecular flexibility index (Phi) is 32.1. The lowest BCUT2D eigenvalue weighted by Crippen LogP contribution is -2.41. The Bertz CT molecular complexity index is 2560. The van der Waals surface area contributed by atoms with Gasteiger partial charge in [0.1, 0.15) is 5.78 Å². The van der Waals surface area contributed by atoms with Crippen LogP contribution in [-0.4, -0.2) is 54.5 Å². The second kappa shape index (κ2) is 43.5. The van der Waals surface area contributed by atoms with Crippen molar-refractivity contribution in [3.05, 3.63) is 0 Å². The van der Waals surface area contributed by atoms with E-state index in [0.29, 0.717) is 17.9 Å². The van der Waals surface area contributed by atoms with Gasteiger partial charge in [-0.3, -0.25) is 4.79 Å². The van der Waals surface area contributed by atoms with Crippen molar-refractivity contribution in [1.29, 1.82) is 0 Å². The lowest BCUT2D eigenvalue weighted by molar-refractivity contribution is -0.120. The summed E-state index contributed by atoms with van der Waals surface area (Å²) in [7, 11) is 0. The fourth-order valence-electron chi connectivity index (χ4n) is 37.6. The van der Waals surface area contributed by atoms with Gasteiger partial charge < -0.3 is 15.5 Å². The quantitative estimate of drug-likeness (QED) is 0.254. The number of nitrogens with zero attached hydrogens (tertiary/aromatic N) is 1. The average molecular weight is 1640 g/mol. The second-order valence-electron chi connectivity index (χ2n) is 51.3. The Morgan fingerprint density at radius 3 is 0.681 bits per heavy atom. The molecule has 7 heterocycles. The molecule has 7 aliphatic heterocycles. The number of nitrogens with one attached hydrogen (secondary N) is 2. The number of hydrogen-bond acceptors (Lipinski definition) is 4. The molecule has 676 valence electrons. The smallest absolute Gasteiger partial charge is 0.136 e. The van der Waals surface area contributed by atoms with Crippen LogP contribution in [-0.2, 0) is 4.79 Å². The van der Waals surface area contributed by atoms with Crippen LogP contribution in [0, 0.1) is 183 Å². The Morgan fingerprint density at radius 2 is 0.403 bits per heavy atom. The van der Waals surface area contributed by atoms with E-state index in [4.69, 9.17) is 0 Å². The number of ketones is 1. The Morgan fingerprint density at radius 1 is 0.160 bits per heavy atom. The third-order valence-corrected chi connectivity index (χ3v) is 43.9. The lowest BCUT2D eigenvalue weighted by Gasteiger charge is -2.49. The van der Waals surface area contributed by atoms with Gasteiger partial charge in [0, 0.05) is 37.0 Å². The van der Waals surface area contributed by atoms with Gasteiger partial charge in [-0.15, -0.1) is 0 Å². The summed E-state index contributed by atoms with van der Waals surface area (Å²) in [6, 6.07) is 2.90. The molecule has 37 aliphatic rings. The van der Waals surface area contributed by atoms with Crippen molar-refractivity contribution in [2.75, 3.05) is 19.6 Å². The molecule has 10 unspecified atom stereocenters. The zero-order valence-corrected chi connectivity index (χ0v) is 78.4. The van der Waals surface area contributed by atoms with Gasteiger partial charge in [0.25, 0.3) is 0 Å². The largest absolute Gasteiger partial charge is 0.311 e. The van der Waals surface area contributed by atoms with Crippen LogP contribution in [0.25, 0.3) is 0 Å². The summed E-state index contributed by atoms with van der Waals surface area (Å²) >= 11 is 0. The van der Waals surface area contributed by atoms with Crippen LogP contribution in [0.3, 0.4) is 0 Å². The summed E-state index contributed by atoms with van der Waals surface area (Å²) in [6.45, 7) is 4.18. The molecular weight excluding hydrogens is 1440 g/mol. The fourth-order valence-corrected chi connectivity index (χ4v) is 37.6. The standard InChI is InChI=1S/3C10H16.C10H18.C9H16.3C8H14.C7H11NO.2C7H13N.C7H10.2C7H12/c1-7-2-9-4-8(1)5-10(3-7)6-9;1-3-7-8(4-1)10-6-2-5-9(7)10;1-2-9-7-4-5-8(6-7)10(9)3-1;1-2-6-10-8-4-3-7-9(10)5-1;1-3-8-5-2-6-9(4-1)7-8;1-3-7-5-2-6-8(7)4-1;1-2-8-5-3-7(1)4-6-8;1-2-7-4-5-8(3-1)6-7;9-7-3-5-1-2-6(4-7)8-5;1-4-8-5-2-7(1)3-6-8;1-2-6-4-5-7(3-1)8-6;1-4-2-6-5(1)7(6)3-4;1-2-7-4-3-6(1)5-7;1-2-6-4-7(3-1)5-6/h3*7-10H,1-6H2;9-10H,1-8H2;8-9H,1-7H2;3*7-8H,1-6H2;5-6,8H,1-4H2;7H,1-6H2;6-8H,1-5H2;4-7H,1-3H2;2*6-7H,1-5H2. The molecule has 30 saturated carbocycles. The van der Waals surface area contributed by atoms with Crippen molar-refractivity contribution in [2.24, 2.45) is 183 Å². The SMILES string of the molecule is C1C2CC3C1C3C2.C1C2CC3CC1CC(C2)C3.C1CC2C(C1)C1CCCC21.C1CC2C3CCC(C3)C2C1.C1CC2CC(C1)C2.C1CC2CCC(C1)C2.C1CC2CCC(C1)N2.C1CC2CCC1C2.C1CC2CCC1CC2.C1CC2CCCC(C1)C2.C1CC2CCCC2C1.C1CCC2CCCCC2C1.C1CN2CCC1CC2.O=C1CC2CCC(C1)N2. The Hall–Kier alpha value is -0.450. The molecule has 30 aliphatic carbocycles. The van der Waals surface area contributed by atoms with E-state index in [2.05, 4.69) is 15.5 Å². The highest BCUT2D eigenvalue weighted by Crippen LogP contribution is 2.70. The summed E-state index contributed by atoms with van der Waals surface area (Å²) in [6.07, 6.45) is 116. The third kappa shape index (κ3) is 24.0. The van der Waals surface area contributed by atoms with Gasteiger partial charge in [0.15, 0.2) is 0 Å². The highest BCUT2D eigenvalue weighted by Gasteiger charge is 2.62. The number of rotatable bonds is 0. The number of Topliss-reactive ketones (excluding diaryl/α,β-unsaturated/α-hetero) is 1. The topological polar surface area (TPSA) is 44.4 Å². The molecule has 7 saturated heterocycles. The van der Waals surface area contributed by atoms with Gasteiger partial charge in [0.05, 0.1) is 0 Å². The van der Waals surface area contributed by atoms with Gasteiger partial charge in [-0.1, -0.05) is 270 Å². The summed E-state index contributed by atoms with van der Waals surface area (Å²) in [5.41, 5.74) is 0. The van der Waals surface area contributed by atoms with Crippen LogP contribution in [0.15, 0.2) is 0 Å². The van der Waals surface area contributed by atoms with E-state index in [1.54, 1.807) is 347 Å². The zero-order chi connectivity index (χ0) is 79.6. The summed E-state index contributed by atoms with van der Waals surface area (Å²) in [4.78, 5) is 13.5. The predicted molar refractivity (Wildman–Crippen MR) is 502 cm³/mol. The molecule has 0 aromatic carbocycles. The molecule has 2 N–H and O–H groups in total.